The molecule has 0 radical (unpaired) electrons. The smallest absolute Gasteiger partial charge is 0.119 e. The molecule has 1 saturated heterocycles. The Morgan fingerprint density at radius 1 is 1.27 bits per heavy atom. The van der Waals surface area contributed by atoms with Crippen molar-refractivity contribution < 1.29 is 4.74 Å². The molecule has 2 nitrogen and oxygen atoms in total. The van der Waals surface area contributed by atoms with Crippen molar-refractivity contribution >= 4 is 0 Å². The molecule has 0 bridgehead atoms. The molecule has 1 atom stereocenters. The fourth-order valence-corrected chi connectivity index (χ4v) is 2.04. The molecule has 2 heteroatoms. The van der Waals surface area contributed by atoms with Gasteiger partial charge in [0.2, 0.25) is 0 Å². The summed E-state index contributed by atoms with van der Waals surface area (Å²) in [6, 6.07) is 10.1. The van der Waals surface area contributed by atoms with Gasteiger partial charge in [-0.1, -0.05) is 18.2 Å². The minimum atomic E-state index is 0.848. The lowest BCUT2D eigenvalue weighted by Gasteiger charge is -2.09. The standard InChI is InChI=1S/C13H19NO/c1-2-6-13(7-3-1)15-10-4-5-12-8-9-14-11-12/h1-3,6-7,12,14H,4-5,8-11H2. The summed E-state index contributed by atoms with van der Waals surface area (Å²) in [4.78, 5) is 0. The van der Waals surface area contributed by atoms with E-state index in [0.29, 0.717) is 0 Å². The second-order valence-electron chi connectivity index (χ2n) is 4.16. The van der Waals surface area contributed by atoms with E-state index in [4.69, 9.17) is 4.74 Å². The molecule has 1 heterocycles. The normalized spacial score (nSPS) is 20.4. The number of rotatable bonds is 5. The van der Waals surface area contributed by atoms with Gasteiger partial charge in [-0.15, -0.1) is 0 Å². The topological polar surface area (TPSA) is 21.3 Å². The maximum absolute atomic E-state index is 5.65. The van der Waals surface area contributed by atoms with Crippen LogP contribution in [0.15, 0.2) is 30.3 Å². The lowest BCUT2D eigenvalue weighted by atomic mass is 10.0. The predicted octanol–water partition coefficient (Wildman–Crippen LogP) is 2.46. The van der Waals surface area contributed by atoms with E-state index in [-0.39, 0.29) is 0 Å². The third kappa shape index (κ3) is 3.56. The van der Waals surface area contributed by atoms with Crippen LogP contribution < -0.4 is 10.1 Å². The molecule has 0 amide bonds. The zero-order valence-corrected chi connectivity index (χ0v) is 9.11. The fourth-order valence-electron chi connectivity index (χ4n) is 2.04. The van der Waals surface area contributed by atoms with E-state index in [1.807, 2.05) is 30.3 Å². The summed E-state index contributed by atoms with van der Waals surface area (Å²) in [7, 11) is 0. The highest BCUT2D eigenvalue weighted by molar-refractivity contribution is 5.20. The maximum atomic E-state index is 5.65. The largest absolute Gasteiger partial charge is 0.494 e. The van der Waals surface area contributed by atoms with Crippen molar-refractivity contribution in [2.24, 2.45) is 5.92 Å². The van der Waals surface area contributed by atoms with Gasteiger partial charge in [-0.3, -0.25) is 0 Å². The molecule has 2 rings (SSSR count). The summed E-state index contributed by atoms with van der Waals surface area (Å²) in [5, 5.41) is 3.39. The molecule has 1 aromatic rings. The van der Waals surface area contributed by atoms with Gasteiger partial charge in [0.1, 0.15) is 5.75 Å². The lowest BCUT2D eigenvalue weighted by molar-refractivity contribution is 0.295. The summed E-state index contributed by atoms with van der Waals surface area (Å²) in [6.45, 7) is 3.25. The van der Waals surface area contributed by atoms with Gasteiger partial charge in [0.25, 0.3) is 0 Å². The average Bonchev–Trinajstić information content (AvgIpc) is 2.79. The number of nitrogens with one attached hydrogen (secondary N) is 1. The fraction of sp³-hybridized carbons (Fsp3) is 0.538. The Morgan fingerprint density at radius 3 is 2.87 bits per heavy atom. The van der Waals surface area contributed by atoms with E-state index >= 15 is 0 Å². The van der Waals surface area contributed by atoms with Gasteiger partial charge in [-0.05, 0) is 50.4 Å². The first-order valence-electron chi connectivity index (χ1n) is 5.84. The maximum Gasteiger partial charge on any atom is 0.119 e. The minimum Gasteiger partial charge on any atom is -0.494 e. The van der Waals surface area contributed by atoms with E-state index in [2.05, 4.69) is 5.32 Å². The molecule has 1 aliphatic rings. The molecular formula is C13H19NO. The van der Waals surface area contributed by atoms with Crippen LogP contribution in [0.3, 0.4) is 0 Å². The highest BCUT2D eigenvalue weighted by Gasteiger charge is 2.13. The molecule has 1 aromatic carbocycles. The van der Waals surface area contributed by atoms with E-state index in [1.54, 1.807) is 0 Å². The number of benzene rings is 1. The molecule has 0 aromatic heterocycles. The Morgan fingerprint density at radius 2 is 2.13 bits per heavy atom. The zero-order chi connectivity index (χ0) is 10.3. The predicted molar refractivity (Wildman–Crippen MR) is 62.1 cm³/mol. The van der Waals surface area contributed by atoms with Gasteiger partial charge in [-0.2, -0.15) is 0 Å². The highest BCUT2D eigenvalue weighted by atomic mass is 16.5. The van der Waals surface area contributed by atoms with Crippen LogP contribution in [-0.4, -0.2) is 19.7 Å². The summed E-state index contributed by atoms with van der Waals surface area (Å²) in [6.07, 6.45) is 3.80. The number of hydrogen-bond acceptors (Lipinski definition) is 2. The molecule has 1 unspecified atom stereocenters. The quantitative estimate of drug-likeness (QED) is 0.746. The highest BCUT2D eigenvalue weighted by Crippen LogP contribution is 2.15. The van der Waals surface area contributed by atoms with Crippen molar-refractivity contribution in [1.82, 2.24) is 5.32 Å². The molecule has 15 heavy (non-hydrogen) atoms. The van der Waals surface area contributed by atoms with Crippen LogP contribution in [0, 0.1) is 5.92 Å². The van der Waals surface area contributed by atoms with Crippen LogP contribution >= 0.6 is 0 Å². The van der Waals surface area contributed by atoms with E-state index in [0.717, 1.165) is 18.3 Å². The Hall–Kier alpha value is -1.02. The molecule has 0 spiro atoms. The Labute approximate surface area is 91.6 Å². The SMILES string of the molecule is c1ccc(OCCCC2CCNC2)cc1. The van der Waals surface area contributed by atoms with Gasteiger partial charge in [-0.25, -0.2) is 0 Å². The molecule has 82 valence electrons. The van der Waals surface area contributed by atoms with Crippen molar-refractivity contribution in [2.75, 3.05) is 19.7 Å². The number of para-hydroxylation sites is 1. The second kappa shape index (κ2) is 5.76. The summed E-state index contributed by atoms with van der Waals surface area (Å²) in [5.41, 5.74) is 0. The Bertz CT molecular complexity index is 267. The first kappa shape index (κ1) is 10.5. The van der Waals surface area contributed by atoms with Crippen LogP contribution in [-0.2, 0) is 0 Å². The van der Waals surface area contributed by atoms with Gasteiger partial charge in [0.15, 0.2) is 0 Å². The molecule has 1 aliphatic heterocycles. The van der Waals surface area contributed by atoms with Crippen molar-refractivity contribution in [1.29, 1.82) is 0 Å². The van der Waals surface area contributed by atoms with Crippen LogP contribution in [0.25, 0.3) is 0 Å². The molecule has 0 aliphatic carbocycles. The lowest BCUT2D eigenvalue weighted by Crippen LogP contribution is -2.09. The van der Waals surface area contributed by atoms with Gasteiger partial charge < -0.3 is 10.1 Å². The molecule has 1 fully saturated rings. The summed E-state index contributed by atoms with van der Waals surface area (Å²) in [5.74, 6) is 1.87. The first-order valence-corrected chi connectivity index (χ1v) is 5.84. The summed E-state index contributed by atoms with van der Waals surface area (Å²) < 4.78 is 5.65. The number of ether oxygens (including phenoxy) is 1. The van der Waals surface area contributed by atoms with Gasteiger partial charge in [0, 0.05) is 0 Å². The van der Waals surface area contributed by atoms with E-state index in [1.165, 1.54) is 32.4 Å². The molecular weight excluding hydrogens is 186 g/mol. The Balaban J connectivity index is 1.59. The van der Waals surface area contributed by atoms with Crippen LogP contribution in [0.5, 0.6) is 5.75 Å². The third-order valence-electron chi connectivity index (χ3n) is 2.93. The average molecular weight is 205 g/mol. The number of hydrogen-bond donors (Lipinski definition) is 1. The van der Waals surface area contributed by atoms with Crippen molar-refractivity contribution in [2.45, 2.75) is 19.3 Å². The summed E-state index contributed by atoms with van der Waals surface area (Å²) >= 11 is 0. The Kier molecular flexibility index (Phi) is 4.03. The zero-order valence-electron chi connectivity index (χ0n) is 9.11. The third-order valence-corrected chi connectivity index (χ3v) is 2.93. The molecule has 1 N–H and O–H groups in total. The van der Waals surface area contributed by atoms with Crippen LogP contribution in [0.2, 0.25) is 0 Å². The second-order valence-corrected chi connectivity index (χ2v) is 4.16. The van der Waals surface area contributed by atoms with E-state index < -0.39 is 0 Å². The minimum absolute atomic E-state index is 0.848. The van der Waals surface area contributed by atoms with Crippen molar-refractivity contribution in [3.05, 3.63) is 30.3 Å². The van der Waals surface area contributed by atoms with Crippen LogP contribution in [0.1, 0.15) is 19.3 Å². The van der Waals surface area contributed by atoms with Crippen LogP contribution in [0.4, 0.5) is 0 Å². The van der Waals surface area contributed by atoms with Crippen molar-refractivity contribution in [3.8, 4) is 5.75 Å². The van der Waals surface area contributed by atoms with Gasteiger partial charge in [0.05, 0.1) is 6.61 Å². The van der Waals surface area contributed by atoms with Gasteiger partial charge >= 0.3 is 0 Å². The molecule has 0 saturated carbocycles. The monoisotopic (exact) mass is 205 g/mol. The van der Waals surface area contributed by atoms with Crippen molar-refractivity contribution in [3.63, 3.8) is 0 Å². The first-order chi connectivity index (χ1) is 7.45. The van der Waals surface area contributed by atoms with E-state index in [9.17, 15) is 0 Å².